The lowest BCUT2D eigenvalue weighted by molar-refractivity contribution is -0.132. The van der Waals surface area contributed by atoms with Gasteiger partial charge in [-0.2, -0.15) is 0 Å². The SMILES string of the molecule is O=C(CCN1CCN(Cc2ccc(Cl)cc2)CC1)N1CCNCC1. The lowest BCUT2D eigenvalue weighted by Gasteiger charge is -2.35. The number of amides is 1. The maximum atomic E-state index is 12.2. The van der Waals surface area contributed by atoms with Crippen molar-refractivity contribution in [2.75, 3.05) is 58.9 Å². The van der Waals surface area contributed by atoms with Crippen LogP contribution in [0.4, 0.5) is 0 Å². The molecule has 5 nitrogen and oxygen atoms in total. The van der Waals surface area contributed by atoms with Crippen molar-refractivity contribution < 1.29 is 4.79 Å². The molecular weight excluding hydrogens is 324 g/mol. The fraction of sp³-hybridized carbons (Fsp3) is 0.611. The van der Waals surface area contributed by atoms with Crippen molar-refractivity contribution in [3.8, 4) is 0 Å². The second kappa shape index (κ2) is 8.81. The van der Waals surface area contributed by atoms with E-state index in [0.29, 0.717) is 12.3 Å². The molecule has 0 bridgehead atoms. The Morgan fingerprint density at radius 1 is 0.958 bits per heavy atom. The van der Waals surface area contributed by atoms with Crippen LogP contribution >= 0.6 is 11.6 Å². The van der Waals surface area contributed by atoms with Gasteiger partial charge in [-0.1, -0.05) is 23.7 Å². The summed E-state index contributed by atoms with van der Waals surface area (Å²) in [7, 11) is 0. The first-order valence-electron chi connectivity index (χ1n) is 8.88. The van der Waals surface area contributed by atoms with Gasteiger partial charge >= 0.3 is 0 Å². The molecule has 0 aromatic heterocycles. The minimum absolute atomic E-state index is 0.306. The third-order valence-corrected chi connectivity index (χ3v) is 5.15. The summed E-state index contributed by atoms with van der Waals surface area (Å²) in [5, 5.41) is 4.08. The van der Waals surface area contributed by atoms with Gasteiger partial charge in [-0.25, -0.2) is 0 Å². The lowest BCUT2D eigenvalue weighted by Crippen LogP contribution is -2.49. The van der Waals surface area contributed by atoms with Crippen LogP contribution in [0.2, 0.25) is 5.02 Å². The molecule has 6 heteroatoms. The van der Waals surface area contributed by atoms with Crippen LogP contribution in [-0.4, -0.2) is 79.5 Å². The van der Waals surface area contributed by atoms with Crippen LogP contribution in [0.15, 0.2) is 24.3 Å². The molecule has 1 amide bonds. The van der Waals surface area contributed by atoms with Gasteiger partial charge in [0.2, 0.25) is 5.91 Å². The van der Waals surface area contributed by atoms with E-state index >= 15 is 0 Å². The number of carbonyl (C=O) groups is 1. The van der Waals surface area contributed by atoms with Crippen molar-refractivity contribution >= 4 is 17.5 Å². The summed E-state index contributed by atoms with van der Waals surface area (Å²) in [5.74, 6) is 0.306. The molecule has 2 saturated heterocycles. The number of piperazine rings is 2. The molecule has 0 unspecified atom stereocenters. The van der Waals surface area contributed by atoms with Crippen LogP contribution in [0.3, 0.4) is 0 Å². The van der Waals surface area contributed by atoms with Crippen molar-refractivity contribution in [2.24, 2.45) is 0 Å². The predicted molar refractivity (Wildman–Crippen MR) is 97.2 cm³/mol. The number of nitrogens with zero attached hydrogens (tertiary/aromatic N) is 3. The van der Waals surface area contributed by atoms with Crippen molar-refractivity contribution in [1.29, 1.82) is 0 Å². The molecule has 0 saturated carbocycles. The normalized spacial score (nSPS) is 20.3. The number of rotatable bonds is 5. The van der Waals surface area contributed by atoms with E-state index in [1.165, 1.54) is 5.56 Å². The Morgan fingerprint density at radius 2 is 1.58 bits per heavy atom. The zero-order valence-corrected chi connectivity index (χ0v) is 15.0. The van der Waals surface area contributed by atoms with Crippen molar-refractivity contribution in [1.82, 2.24) is 20.0 Å². The van der Waals surface area contributed by atoms with Gasteiger partial charge in [-0.15, -0.1) is 0 Å². The lowest BCUT2D eigenvalue weighted by atomic mass is 10.2. The van der Waals surface area contributed by atoms with Crippen molar-refractivity contribution in [3.63, 3.8) is 0 Å². The van der Waals surface area contributed by atoms with E-state index in [4.69, 9.17) is 11.6 Å². The maximum absolute atomic E-state index is 12.2. The Balaban J connectivity index is 1.35. The molecule has 1 N–H and O–H groups in total. The van der Waals surface area contributed by atoms with E-state index in [1.54, 1.807) is 0 Å². The second-order valence-corrected chi connectivity index (χ2v) is 7.06. The first kappa shape index (κ1) is 17.7. The Hall–Kier alpha value is -1.14. The summed E-state index contributed by atoms with van der Waals surface area (Å²) in [6, 6.07) is 8.10. The molecule has 24 heavy (non-hydrogen) atoms. The number of nitrogens with one attached hydrogen (secondary N) is 1. The highest BCUT2D eigenvalue weighted by molar-refractivity contribution is 6.30. The standard InChI is InChI=1S/C18H27ClN4O/c19-17-3-1-16(2-4-17)15-22-13-11-21(12-14-22)8-5-18(24)23-9-6-20-7-10-23/h1-4,20H,5-15H2. The molecular formula is C18H27ClN4O. The monoisotopic (exact) mass is 350 g/mol. The minimum Gasteiger partial charge on any atom is -0.340 e. The first-order chi connectivity index (χ1) is 11.7. The van der Waals surface area contributed by atoms with Crippen molar-refractivity contribution in [2.45, 2.75) is 13.0 Å². The molecule has 0 aliphatic carbocycles. The topological polar surface area (TPSA) is 38.8 Å². The fourth-order valence-corrected chi connectivity index (χ4v) is 3.47. The Labute approximate surface area is 149 Å². The van der Waals surface area contributed by atoms with Gasteiger partial charge in [0.05, 0.1) is 0 Å². The van der Waals surface area contributed by atoms with E-state index < -0.39 is 0 Å². The Bertz CT molecular complexity index is 522. The maximum Gasteiger partial charge on any atom is 0.223 e. The van der Waals surface area contributed by atoms with Crippen molar-refractivity contribution in [3.05, 3.63) is 34.9 Å². The highest BCUT2D eigenvalue weighted by atomic mass is 35.5. The van der Waals surface area contributed by atoms with Gasteiger partial charge in [0, 0.05) is 76.9 Å². The fourth-order valence-electron chi connectivity index (χ4n) is 3.35. The Kier molecular flexibility index (Phi) is 6.49. The zero-order valence-electron chi connectivity index (χ0n) is 14.2. The van der Waals surface area contributed by atoms with Crippen LogP contribution < -0.4 is 5.32 Å². The van der Waals surface area contributed by atoms with Gasteiger partial charge in [0.15, 0.2) is 0 Å². The summed E-state index contributed by atoms with van der Waals surface area (Å²) >= 11 is 5.94. The van der Waals surface area contributed by atoms with E-state index in [9.17, 15) is 4.79 Å². The molecule has 2 aliphatic rings. The number of benzene rings is 1. The van der Waals surface area contributed by atoms with Gasteiger partial charge in [0.25, 0.3) is 0 Å². The largest absolute Gasteiger partial charge is 0.340 e. The summed E-state index contributed by atoms with van der Waals surface area (Å²) in [4.78, 5) is 19.1. The zero-order chi connectivity index (χ0) is 16.8. The third-order valence-electron chi connectivity index (χ3n) is 4.90. The summed E-state index contributed by atoms with van der Waals surface area (Å²) in [5.41, 5.74) is 1.31. The average Bonchev–Trinajstić information content (AvgIpc) is 2.63. The van der Waals surface area contributed by atoms with Crippen LogP contribution in [0.5, 0.6) is 0 Å². The van der Waals surface area contributed by atoms with E-state index in [0.717, 1.165) is 70.5 Å². The first-order valence-corrected chi connectivity index (χ1v) is 9.26. The highest BCUT2D eigenvalue weighted by Gasteiger charge is 2.20. The van der Waals surface area contributed by atoms with E-state index in [-0.39, 0.29) is 0 Å². The molecule has 1 aromatic carbocycles. The number of halogens is 1. The third kappa shape index (κ3) is 5.18. The van der Waals surface area contributed by atoms with E-state index in [1.807, 2.05) is 17.0 Å². The molecule has 0 atom stereocenters. The minimum atomic E-state index is 0.306. The Morgan fingerprint density at radius 3 is 2.25 bits per heavy atom. The molecule has 2 fully saturated rings. The molecule has 132 valence electrons. The van der Waals surface area contributed by atoms with Gasteiger partial charge in [-0.05, 0) is 17.7 Å². The van der Waals surface area contributed by atoms with E-state index in [2.05, 4.69) is 27.2 Å². The number of carbonyl (C=O) groups excluding carboxylic acids is 1. The molecule has 2 aliphatic heterocycles. The van der Waals surface area contributed by atoms with Crippen LogP contribution in [0, 0.1) is 0 Å². The van der Waals surface area contributed by atoms with Gasteiger partial charge < -0.3 is 15.1 Å². The predicted octanol–water partition coefficient (Wildman–Crippen LogP) is 1.28. The molecule has 3 rings (SSSR count). The van der Waals surface area contributed by atoms with Crippen LogP contribution in [0.1, 0.15) is 12.0 Å². The van der Waals surface area contributed by atoms with Crippen LogP contribution in [-0.2, 0) is 11.3 Å². The van der Waals surface area contributed by atoms with Gasteiger partial charge in [0.1, 0.15) is 0 Å². The highest BCUT2D eigenvalue weighted by Crippen LogP contribution is 2.13. The quantitative estimate of drug-likeness (QED) is 0.868. The average molecular weight is 351 g/mol. The van der Waals surface area contributed by atoms with Gasteiger partial charge in [-0.3, -0.25) is 9.69 Å². The molecule has 2 heterocycles. The number of hydrogen-bond donors (Lipinski definition) is 1. The summed E-state index contributed by atoms with van der Waals surface area (Å²) < 4.78 is 0. The second-order valence-electron chi connectivity index (χ2n) is 6.63. The smallest absolute Gasteiger partial charge is 0.223 e. The molecule has 0 spiro atoms. The molecule has 0 radical (unpaired) electrons. The molecule has 1 aromatic rings. The summed E-state index contributed by atoms with van der Waals surface area (Å²) in [6.07, 6.45) is 0.650. The van der Waals surface area contributed by atoms with Crippen LogP contribution in [0.25, 0.3) is 0 Å². The number of hydrogen-bond acceptors (Lipinski definition) is 4. The summed E-state index contributed by atoms with van der Waals surface area (Å²) in [6.45, 7) is 9.63.